The second kappa shape index (κ2) is 18.5. The molecule has 6 heteroatoms. The van der Waals surface area contributed by atoms with Gasteiger partial charge in [0.05, 0.1) is 0 Å². The van der Waals surface area contributed by atoms with Crippen LogP contribution in [0.1, 0.15) is 65.2 Å². The molecule has 10 rings (SSSR count). The second-order valence-electron chi connectivity index (χ2n) is 19.2. The van der Waals surface area contributed by atoms with Crippen molar-refractivity contribution in [2.24, 2.45) is 11.8 Å². The van der Waals surface area contributed by atoms with Crippen molar-refractivity contribution < 1.29 is 25.8 Å². The third-order valence-corrected chi connectivity index (χ3v) is 12.4. The van der Waals surface area contributed by atoms with Gasteiger partial charge in [0.25, 0.3) is 0 Å². The van der Waals surface area contributed by atoms with Crippen LogP contribution in [0, 0.1) is 30.6 Å². The van der Waals surface area contributed by atoms with E-state index in [0.29, 0.717) is 23.3 Å². The van der Waals surface area contributed by atoms with Crippen LogP contribution in [0.5, 0.6) is 11.5 Å². The Balaban J connectivity index is 0.00000548. The van der Waals surface area contributed by atoms with Crippen molar-refractivity contribution in [2.75, 3.05) is 9.80 Å². The first kappa shape index (κ1) is 44.8. The van der Waals surface area contributed by atoms with E-state index in [9.17, 15) is 0 Å². The molecule has 0 N–H and O–H groups in total. The van der Waals surface area contributed by atoms with Crippen molar-refractivity contribution in [3.63, 3.8) is 0 Å². The van der Waals surface area contributed by atoms with Crippen molar-refractivity contribution in [3.05, 3.63) is 199 Å². The maximum absolute atomic E-state index is 6.76. The van der Waals surface area contributed by atoms with Gasteiger partial charge >= 0.3 is 0 Å². The number of fused-ring (bicyclic) bond motifs is 4. The van der Waals surface area contributed by atoms with Crippen LogP contribution >= 0.6 is 0 Å². The molecule has 66 heavy (non-hydrogen) atoms. The van der Waals surface area contributed by atoms with Gasteiger partial charge in [-0.2, -0.15) is 12.1 Å². The maximum atomic E-state index is 6.76. The van der Waals surface area contributed by atoms with Gasteiger partial charge in [0, 0.05) is 72.5 Å². The number of para-hydroxylation sites is 3. The van der Waals surface area contributed by atoms with Gasteiger partial charge < -0.3 is 19.1 Å². The van der Waals surface area contributed by atoms with Crippen LogP contribution in [0.2, 0.25) is 0 Å². The van der Waals surface area contributed by atoms with E-state index in [1.807, 2.05) is 24.4 Å². The first-order chi connectivity index (χ1) is 31.5. The average Bonchev–Trinajstić information content (AvgIpc) is 3.84. The molecule has 0 amide bonds. The Hall–Kier alpha value is -6.42. The Bertz CT molecular complexity index is 3110. The minimum absolute atomic E-state index is 0. The molecule has 0 spiro atoms. The molecule has 334 valence electrons. The van der Waals surface area contributed by atoms with Crippen LogP contribution in [0.15, 0.2) is 164 Å². The normalized spacial score (nSPS) is 12.6. The number of ether oxygens (including phenoxy) is 1. The first-order valence-electron chi connectivity index (χ1n) is 23.0. The van der Waals surface area contributed by atoms with Gasteiger partial charge in [-0.15, -0.1) is 48.1 Å². The van der Waals surface area contributed by atoms with Gasteiger partial charge in [-0.3, -0.25) is 0 Å². The van der Waals surface area contributed by atoms with E-state index < -0.39 is 0 Å². The zero-order valence-electron chi connectivity index (χ0n) is 38.7. The minimum atomic E-state index is -0.0394. The number of benzene rings is 7. The maximum Gasteiger partial charge on any atom is 0.135 e. The van der Waals surface area contributed by atoms with Gasteiger partial charge in [-0.1, -0.05) is 151 Å². The monoisotopic (exact) mass is 1040 g/mol. The zero-order valence-corrected chi connectivity index (χ0v) is 41.0. The number of anilines is 4. The fourth-order valence-corrected chi connectivity index (χ4v) is 9.36. The third-order valence-electron chi connectivity index (χ3n) is 12.4. The number of pyridine rings is 1. The molecular weight excluding hydrogens is 988 g/mol. The largest absolute Gasteiger partial charge is 0.509 e. The van der Waals surface area contributed by atoms with Crippen LogP contribution in [0.25, 0.3) is 49.9 Å². The van der Waals surface area contributed by atoms with Gasteiger partial charge in [0.1, 0.15) is 5.82 Å². The van der Waals surface area contributed by atoms with Gasteiger partial charge in [0.15, 0.2) is 0 Å². The molecule has 0 fully saturated rings. The summed E-state index contributed by atoms with van der Waals surface area (Å²) < 4.78 is 9.05. The quantitative estimate of drug-likeness (QED) is 0.121. The molecule has 3 heterocycles. The molecule has 2 aromatic heterocycles. The molecule has 0 bridgehead atoms. The summed E-state index contributed by atoms with van der Waals surface area (Å²) in [6.45, 7) is 18.2. The van der Waals surface area contributed by atoms with Gasteiger partial charge in [-0.25, -0.2) is 4.98 Å². The Morgan fingerprint density at radius 2 is 1.18 bits per heavy atom. The summed E-state index contributed by atoms with van der Waals surface area (Å²) in [6, 6.07) is 63.4. The molecule has 0 saturated carbocycles. The standard InChI is InChI=1S/C60H55N4O.Pt/c1-40(2)32-44-34-53-52-29-28-49(38-57(52)64(56(53)35-45(44)33-41(3)4)58-36-46(30-31-61-58)60(5,6)7)65-48-23-16-22-47(37-48)62-39-63(55-27-15-14-26-54(55)62)59-50(42-18-10-8-11-19-42)24-17-25-51(59)43-20-12-9-13-21-43;/h8-31,34-36,39-41H,32-33H2,1-7H3;/q-3;. The van der Waals surface area contributed by atoms with E-state index in [2.05, 4.69) is 221 Å². The molecule has 0 atom stereocenters. The fourth-order valence-electron chi connectivity index (χ4n) is 9.36. The van der Waals surface area contributed by atoms with E-state index in [4.69, 9.17) is 9.72 Å². The Labute approximate surface area is 405 Å². The molecule has 1 aliphatic heterocycles. The van der Waals surface area contributed by atoms with E-state index >= 15 is 0 Å². The molecule has 9 aromatic rings. The Kier molecular flexibility index (Phi) is 12.5. The number of hydrogen-bond donors (Lipinski definition) is 0. The number of hydrogen-bond acceptors (Lipinski definition) is 4. The van der Waals surface area contributed by atoms with Crippen LogP contribution in [0.3, 0.4) is 0 Å². The van der Waals surface area contributed by atoms with Crippen molar-refractivity contribution >= 4 is 44.6 Å². The van der Waals surface area contributed by atoms with Gasteiger partial charge in [-0.05, 0) is 93.6 Å². The van der Waals surface area contributed by atoms with E-state index in [0.717, 1.165) is 80.1 Å². The summed E-state index contributed by atoms with van der Waals surface area (Å²) in [5.41, 5.74) is 14.8. The van der Waals surface area contributed by atoms with Crippen LogP contribution in [-0.4, -0.2) is 9.55 Å². The second-order valence-corrected chi connectivity index (χ2v) is 19.2. The molecule has 0 aliphatic carbocycles. The summed E-state index contributed by atoms with van der Waals surface area (Å²) in [5, 5.41) is 2.34. The topological polar surface area (TPSA) is 33.5 Å². The summed E-state index contributed by atoms with van der Waals surface area (Å²) in [7, 11) is 0. The third kappa shape index (κ3) is 8.70. The zero-order chi connectivity index (χ0) is 44.8. The smallest absolute Gasteiger partial charge is 0.135 e. The van der Waals surface area contributed by atoms with Crippen LogP contribution < -0.4 is 14.5 Å². The summed E-state index contributed by atoms with van der Waals surface area (Å²) >= 11 is 0. The van der Waals surface area contributed by atoms with E-state index in [-0.39, 0.29) is 26.5 Å². The van der Waals surface area contributed by atoms with E-state index in [1.165, 1.54) is 22.1 Å². The van der Waals surface area contributed by atoms with Crippen molar-refractivity contribution in [1.29, 1.82) is 0 Å². The summed E-state index contributed by atoms with van der Waals surface area (Å²) in [4.78, 5) is 9.53. The minimum Gasteiger partial charge on any atom is -0.509 e. The predicted octanol–water partition coefficient (Wildman–Crippen LogP) is 16.0. The fraction of sp³-hybridized carbons (Fsp3) is 0.200. The SMILES string of the molecule is CC(C)Cc1cc2c3ccc(Oc4[c-]c(N5[CH-]N(c6c(-c7ccccc7)cccc6-c6ccccc6)c6ccccc65)ccc4)[c-]c3n(-c3cc(C(C)(C)C)ccn3)c2cc1CC(C)C.[Pt]. The van der Waals surface area contributed by atoms with Gasteiger partial charge in [0.2, 0.25) is 0 Å². The molecular formula is C60H55N4OPt-3. The summed E-state index contributed by atoms with van der Waals surface area (Å²) in [6.07, 6.45) is 3.99. The molecule has 0 radical (unpaired) electrons. The Morgan fingerprint density at radius 1 is 0.591 bits per heavy atom. The van der Waals surface area contributed by atoms with E-state index in [1.54, 1.807) is 0 Å². The number of nitrogens with zero attached hydrogens (tertiary/aromatic N) is 4. The average molecular weight is 1040 g/mol. The molecule has 1 aliphatic rings. The number of rotatable bonds is 11. The predicted molar refractivity (Wildman–Crippen MR) is 271 cm³/mol. The van der Waals surface area contributed by atoms with Crippen LogP contribution in [-0.2, 0) is 39.3 Å². The Morgan fingerprint density at radius 3 is 1.82 bits per heavy atom. The molecule has 0 unspecified atom stereocenters. The number of aromatic nitrogens is 2. The molecule has 5 nitrogen and oxygen atoms in total. The van der Waals surface area contributed by atoms with Crippen LogP contribution in [0.4, 0.5) is 22.7 Å². The first-order valence-corrected chi connectivity index (χ1v) is 23.0. The molecule has 7 aromatic carbocycles. The van der Waals surface area contributed by atoms with Crippen molar-refractivity contribution in [1.82, 2.24) is 9.55 Å². The van der Waals surface area contributed by atoms with Crippen molar-refractivity contribution in [2.45, 2.75) is 66.7 Å². The van der Waals surface area contributed by atoms with Crippen molar-refractivity contribution in [3.8, 4) is 39.6 Å². The summed E-state index contributed by atoms with van der Waals surface area (Å²) in [5.74, 6) is 3.17. The molecule has 0 saturated heterocycles.